The maximum Gasteiger partial charge on any atom is 0.407 e. The van der Waals surface area contributed by atoms with Crippen molar-refractivity contribution in [2.24, 2.45) is 12.5 Å². The molecule has 3 aromatic rings. The van der Waals surface area contributed by atoms with Gasteiger partial charge in [-0.05, 0) is 67.2 Å². The second-order valence-corrected chi connectivity index (χ2v) is 11.6. The van der Waals surface area contributed by atoms with Gasteiger partial charge in [0.1, 0.15) is 14.7 Å². The third-order valence-corrected chi connectivity index (χ3v) is 7.15. The number of rotatable bonds is 5. The van der Waals surface area contributed by atoms with E-state index >= 15 is 0 Å². The molecular formula is C25H33IN6O3. The summed E-state index contributed by atoms with van der Waals surface area (Å²) in [7, 11) is 1.77. The Kier molecular flexibility index (Phi) is 7.12. The number of fused-ring (bicyclic) bond motifs is 1. The van der Waals surface area contributed by atoms with Crippen LogP contribution in [0.2, 0.25) is 0 Å². The lowest BCUT2D eigenvalue weighted by Gasteiger charge is -2.40. The summed E-state index contributed by atoms with van der Waals surface area (Å²) >= 11 is 2.11. The fourth-order valence-electron chi connectivity index (χ4n) is 4.32. The number of aromatic nitrogens is 4. The van der Waals surface area contributed by atoms with Crippen LogP contribution in [0.3, 0.4) is 0 Å². The zero-order chi connectivity index (χ0) is 25.4. The standard InChI is InChI=1S/C25H33IN6O3/c1-24(2,3)35-23(34)27-16-25(4)11-13-31(14-12-25)22-28-20-18(21(33)30(22)5)19(26)29-32(20)15-17-9-7-6-8-10-17/h6-10H,11-16H2,1-5H3,(H,27,34). The van der Waals surface area contributed by atoms with Gasteiger partial charge in [-0.1, -0.05) is 37.3 Å². The molecule has 1 aromatic carbocycles. The Bertz CT molecular complexity index is 1270. The summed E-state index contributed by atoms with van der Waals surface area (Å²) in [6.07, 6.45) is 1.33. The lowest BCUT2D eigenvalue weighted by Crippen LogP contribution is -2.47. The van der Waals surface area contributed by atoms with Crippen LogP contribution in [0.25, 0.3) is 11.0 Å². The minimum absolute atomic E-state index is 0.0547. The molecule has 1 fully saturated rings. The first-order valence-electron chi connectivity index (χ1n) is 11.8. The van der Waals surface area contributed by atoms with Crippen LogP contribution in [0.1, 0.15) is 46.1 Å². The van der Waals surface area contributed by atoms with E-state index in [1.54, 1.807) is 11.6 Å². The number of hydrogen-bond acceptors (Lipinski definition) is 6. The molecule has 0 radical (unpaired) electrons. The highest BCUT2D eigenvalue weighted by atomic mass is 127. The van der Waals surface area contributed by atoms with Gasteiger partial charge in [-0.2, -0.15) is 10.1 Å². The molecular weight excluding hydrogens is 559 g/mol. The molecule has 9 nitrogen and oxygen atoms in total. The Morgan fingerprint density at radius 2 is 1.86 bits per heavy atom. The van der Waals surface area contributed by atoms with Gasteiger partial charge in [-0.15, -0.1) is 0 Å². The molecule has 0 spiro atoms. The second kappa shape index (κ2) is 9.79. The number of ether oxygens (including phenoxy) is 1. The maximum atomic E-state index is 13.3. The fourth-order valence-corrected chi connectivity index (χ4v) is 5.06. The lowest BCUT2D eigenvalue weighted by molar-refractivity contribution is 0.0495. The van der Waals surface area contributed by atoms with E-state index in [0.29, 0.717) is 33.8 Å². The smallest absolute Gasteiger partial charge is 0.407 e. The van der Waals surface area contributed by atoms with Gasteiger partial charge >= 0.3 is 6.09 Å². The largest absolute Gasteiger partial charge is 0.444 e. The first-order valence-corrected chi connectivity index (χ1v) is 12.9. The van der Waals surface area contributed by atoms with E-state index < -0.39 is 11.7 Å². The molecule has 1 aliphatic rings. The fraction of sp³-hybridized carbons (Fsp3) is 0.520. The minimum Gasteiger partial charge on any atom is -0.444 e. The molecule has 10 heteroatoms. The Balaban J connectivity index is 1.52. The quantitative estimate of drug-likeness (QED) is 0.452. The molecule has 188 valence electrons. The molecule has 1 amide bonds. The predicted octanol–water partition coefficient (Wildman–Crippen LogP) is 3.91. The lowest BCUT2D eigenvalue weighted by atomic mass is 9.80. The normalized spacial score (nSPS) is 15.9. The summed E-state index contributed by atoms with van der Waals surface area (Å²) < 4.78 is 9.47. The SMILES string of the molecule is Cn1c(N2CCC(C)(CNC(=O)OC(C)(C)C)CC2)nc2c(c(I)nn2Cc2ccccc2)c1=O. The van der Waals surface area contributed by atoms with Gasteiger partial charge in [0.2, 0.25) is 5.95 Å². The average molecular weight is 592 g/mol. The van der Waals surface area contributed by atoms with Gasteiger partial charge in [0.15, 0.2) is 5.65 Å². The highest BCUT2D eigenvalue weighted by Crippen LogP contribution is 2.32. The van der Waals surface area contributed by atoms with Crippen LogP contribution in [0.4, 0.5) is 10.7 Å². The van der Waals surface area contributed by atoms with E-state index in [0.717, 1.165) is 31.5 Å². The highest BCUT2D eigenvalue weighted by Gasteiger charge is 2.33. The van der Waals surface area contributed by atoms with E-state index in [-0.39, 0.29) is 11.0 Å². The van der Waals surface area contributed by atoms with Crippen molar-refractivity contribution in [3.8, 4) is 0 Å². The van der Waals surface area contributed by atoms with Crippen LogP contribution in [0, 0.1) is 9.12 Å². The summed E-state index contributed by atoms with van der Waals surface area (Å²) in [5.41, 5.74) is 1.04. The first-order chi connectivity index (χ1) is 16.5. The van der Waals surface area contributed by atoms with Gasteiger partial charge in [0.05, 0.1) is 6.54 Å². The third kappa shape index (κ3) is 5.79. The van der Waals surface area contributed by atoms with Gasteiger partial charge in [-0.25, -0.2) is 9.48 Å². The van der Waals surface area contributed by atoms with Gasteiger partial charge < -0.3 is 15.0 Å². The second-order valence-electron chi connectivity index (χ2n) is 10.6. The van der Waals surface area contributed by atoms with E-state index in [1.807, 2.05) is 55.8 Å². The number of alkyl carbamates (subject to hydrolysis) is 1. The van der Waals surface area contributed by atoms with Crippen molar-refractivity contribution in [1.29, 1.82) is 0 Å². The Morgan fingerprint density at radius 3 is 2.49 bits per heavy atom. The molecule has 0 aliphatic carbocycles. The van der Waals surface area contributed by atoms with Crippen molar-refractivity contribution in [1.82, 2.24) is 24.6 Å². The Labute approximate surface area is 219 Å². The summed E-state index contributed by atoms with van der Waals surface area (Å²) in [5, 5.41) is 8.09. The topological polar surface area (TPSA) is 94.3 Å². The van der Waals surface area contributed by atoms with E-state index in [2.05, 4.69) is 44.8 Å². The average Bonchev–Trinajstić information content (AvgIpc) is 3.10. The van der Waals surface area contributed by atoms with Crippen LogP contribution < -0.4 is 15.8 Å². The van der Waals surface area contributed by atoms with Crippen molar-refractivity contribution >= 4 is 45.7 Å². The van der Waals surface area contributed by atoms with Crippen molar-refractivity contribution in [3.05, 3.63) is 49.9 Å². The summed E-state index contributed by atoms with van der Waals surface area (Å²) in [4.78, 5) is 32.5. The first kappa shape index (κ1) is 25.5. The molecule has 1 aliphatic heterocycles. The van der Waals surface area contributed by atoms with Crippen molar-refractivity contribution < 1.29 is 9.53 Å². The molecule has 0 atom stereocenters. The molecule has 0 bridgehead atoms. The number of piperidine rings is 1. The number of carbonyl (C=O) groups is 1. The number of benzene rings is 1. The van der Waals surface area contributed by atoms with Crippen molar-refractivity contribution in [2.45, 2.75) is 52.7 Å². The number of nitrogens with zero attached hydrogens (tertiary/aromatic N) is 5. The van der Waals surface area contributed by atoms with Gasteiger partial charge in [-0.3, -0.25) is 9.36 Å². The van der Waals surface area contributed by atoms with Crippen LogP contribution >= 0.6 is 22.6 Å². The molecule has 1 saturated heterocycles. The number of carbonyl (C=O) groups excluding carboxylic acids is 1. The summed E-state index contributed by atoms with van der Waals surface area (Å²) in [6.45, 7) is 10.3. The van der Waals surface area contributed by atoms with Gasteiger partial charge in [0.25, 0.3) is 5.56 Å². The highest BCUT2D eigenvalue weighted by molar-refractivity contribution is 14.1. The number of anilines is 1. The molecule has 0 saturated carbocycles. The maximum absolute atomic E-state index is 13.3. The van der Waals surface area contributed by atoms with E-state index in [9.17, 15) is 9.59 Å². The zero-order valence-corrected chi connectivity index (χ0v) is 23.1. The third-order valence-electron chi connectivity index (χ3n) is 6.39. The number of halogens is 1. The van der Waals surface area contributed by atoms with E-state index in [4.69, 9.17) is 9.72 Å². The number of amides is 1. The molecule has 3 heterocycles. The molecule has 2 aromatic heterocycles. The summed E-state index contributed by atoms with van der Waals surface area (Å²) in [6, 6.07) is 10.0. The number of nitrogens with one attached hydrogen (secondary N) is 1. The molecule has 1 N–H and O–H groups in total. The van der Waals surface area contributed by atoms with Crippen molar-refractivity contribution in [2.75, 3.05) is 24.5 Å². The monoisotopic (exact) mass is 592 g/mol. The number of hydrogen-bond donors (Lipinski definition) is 1. The summed E-state index contributed by atoms with van der Waals surface area (Å²) in [5.74, 6) is 0.648. The van der Waals surface area contributed by atoms with Gasteiger partial charge in [0, 0.05) is 26.7 Å². The van der Waals surface area contributed by atoms with Crippen LogP contribution in [-0.2, 0) is 18.3 Å². The van der Waals surface area contributed by atoms with Crippen LogP contribution in [-0.4, -0.2) is 50.7 Å². The molecule has 4 rings (SSSR count). The Hall–Kier alpha value is -2.63. The zero-order valence-electron chi connectivity index (χ0n) is 21.0. The van der Waals surface area contributed by atoms with Crippen LogP contribution in [0.15, 0.2) is 35.1 Å². The Morgan fingerprint density at radius 1 is 1.20 bits per heavy atom. The van der Waals surface area contributed by atoms with E-state index in [1.165, 1.54) is 0 Å². The predicted molar refractivity (Wildman–Crippen MR) is 145 cm³/mol. The molecule has 0 unspecified atom stereocenters. The van der Waals surface area contributed by atoms with Crippen LogP contribution in [0.5, 0.6) is 0 Å². The van der Waals surface area contributed by atoms with Crippen molar-refractivity contribution in [3.63, 3.8) is 0 Å². The minimum atomic E-state index is -0.520. The molecule has 35 heavy (non-hydrogen) atoms.